The van der Waals surface area contributed by atoms with Crippen LogP contribution in [-0.4, -0.2) is 25.6 Å². The van der Waals surface area contributed by atoms with Gasteiger partial charge in [0.15, 0.2) is 0 Å². The second-order valence-corrected chi connectivity index (χ2v) is 6.84. The third-order valence-corrected chi connectivity index (χ3v) is 4.93. The summed E-state index contributed by atoms with van der Waals surface area (Å²) >= 11 is 0. The number of hydrogen-bond donors (Lipinski definition) is 2. The zero-order chi connectivity index (χ0) is 18.5. The molecule has 0 bridgehead atoms. The lowest BCUT2D eigenvalue weighted by atomic mass is 9.91. The molecule has 0 saturated carbocycles. The van der Waals surface area contributed by atoms with Crippen LogP contribution >= 0.6 is 0 Å². The second kappa shape index (κ2) is 8.32. The molecule has 0 aliphatic carbocycles. The molecule has 138 valence electrons. The Bertz CT molecular complexity index is 731. The average molecular weight is 356 g/mol. The van der Waals surface area contributed by atoms with Crippen molar-refractivity contribution in [1.82, 2.24) is 10.6 Å². The molecule has 5 heteroatoms. The number of halogens is 1. The maximum absolute atomic E-state index is 13.3. The van der Waals surface area contributed by atoms with E-state index in [1.54, 1.807) is 19.2 Å². The van der Waals surface area contributed by atoms with Crippen LogP contribution in [0.2, 0.25) is 0 Å². The molecule has 0 radical (unpaired) electrons. The van der Waals surface area contributed by atoms with Gasteiger partial charge in [-0.1, -0.05) is 24.3 Å². The van der Waals surface area contributed by atoms with E-state index < -0.39 is 0 Å². The third kappa shape index (κ3) is 4.41. The van der Waals surface area contributed by atoms with E-state index in [-0.39, 0.29) is 23.7 Å². The van der Waals surface area contributed by atoms with Gasteiger partial charge in [0, 0.05) is 12.0 Å². The van der Waals surface area contributed by atoms with Crippen molar-refractivity contribution in [2.24, 2.45) is 5.92 Å². The second-order valence-electron chi connectivity index (χ2n) is 6.84. The van der Waals surface area contributed by atoms with Crippen LogP contribution in [0.4, 0.5) is 4.39 Å². The number of amides is 1. The van der Waals surface area contributed by atoms with Gasteiger partial charge in [0.2, 0.25) is 5.91 Å². The van der Waals surface area contributed by atoms with Gasteiger partial charge in [-0.15, -0.1) is 0 Å². The van der Waals surface area contributed by atoms with E-state index in [1.165, 1.54) is 12.1 Å². The number of carbonyl (C=O) groups is 1. The molecule has 2 aromatic carbocycles. The van der Waals surface area contributed by atoms with Gasteiger partial charge in [0.05, 0.1) is 13.2 Å². The molecule has 2 aromatic rings. The maximum Gasteiger partial charge on any atom is 0.223 e. The lowest BCUT2D eigenvalue weighted by Gasteiger charge is -2.29. The van der Waals surface area contributed by atoms with Gasteiger partial charge in [0.1, 0.15) is 11.6 Å². The van der Waals surface area contributed by atoms with Crippen molar-refractivity contribution in [3.63, 3.8) is 0 Å². The Morgan fingerprint density at radius 1 is 1.15 bits per heavy atom. The van der Waals surface area contributed by atoms with E-state index >= 15 is 0 Å². The number of rotatable bonds is 5. The van der Waals surface area contributed by atoms with E-state index in [1.807, 2.05) is 24.3 Å². The molecule has 26 heavy (non-hydrogen) atoms. The lowest BCUT2D eigenvalue weighted by Crippen LogP contribution is -2.43. The highest BCUT2D eigenvalue weighted by Crippen LogP contribution is 2.26. The summed E-state index contributed by atoms with van der Waals surface area (Å²) in [6.45, 7) is 2.95. The first-order valence-electron chi connectivity index (χ1n) is 9.00. The maximum atomic E-state index is 13.3. The summed E-state index contributed by atoms with van der Waals surface area (Å²) < 4.78 is 18.6. The predicted molar refractivity (Wildman–Crippen MR) is 99.6 cm³/mol. The summed E-state index contributed by atoms with van der Waals surface area (Å²) in [7, 11) is 1.62. The van der Waals surface area contributed by atoms with E-state index in [4.69, 9.17) is 4.74 Å². The van der Waals surface area contributed by atoms with Crippen molar-refractivity contribution < 1.29 is 13.9 Å². The molecule has 1 aliphatic rings. The Balaban J connectivity index is 1.84. The normalized spacial score (nSPS) is 21.0. The van der Waals surface area contributed by atoms with Gasteiger partial charge in [-0.25, -0.2) is 4.39 Å². The molecule has 3 rings (SSSR count). The zero-order valence-electron chi connectivity index (χ0n) is 15.2. The molecule has 1 unspecified atom stereocenters. The number of methoxy groups -OCH3 is 1. The van der Waals surface area contributed by atoms with Gasteiger partial charge in [-0.3, -0.25) is 4.79 Å². The van der Waals surface area contributed by atoms with E-state index in [0.717, 1.165) is 36.3 Å². The SMILES string of the molecule is COc1ccc(C(NC(=O)[C@H]2CCN[C@@H](C)C2)c2ccc(F)cc2)cc1. The zero-order valence-corrected chi connectivity index (χ0v) is 15.2. The Hall–Kier alpha value is -2.40. The molecule has 3 atom stereocenters. The number of ether oxygens (including phenoxy) is 1. The van der Waals surface area contributed by atoms with Crippen LogP contribution in [-0.2, 0) is 4.79 Å². The van der Waals surface area contributed by atoms with Crippen molar-refractivity contribution >= 4 is 5.91 Å². The molecule has 1 saturated heterocycles. The molecule has 1 aliphatic heterocycles. The fourth-order valence-electron chi connectivity index (χ4n) is 3.44. The third-order valence-electron chi connectivity index (χ3n) is 4.93. The highest BCUT2D eigenvalue weighted by molar-refractivity contribution is 5.79. The number of carbonyl (C=O) groups excluding carboxylic acids is 1. The highest BCUT2D eigenvalue weighted by Gasteiger charge is 2.27. The minimum atomic E-state index is -0.320. The summed E-state index contributed by atoms with van der Waals surface area (Å²) in [5.74, 6) is 0.502. The molecule has 2 N–H and O–H groups in total. The molecule has 1 fully saturated rings. The van der Waals surface area contributed by atoms with Crippen molar-refractivity contribution in [2.75, 3.05) is 13.7 Å². The molecule has 0 aromatic heterocycles. The van der Waals surface area contributed by atoms with Gasteiger partial charge >= 0.3 is 0 Å². The monoisotopic (exact) mass is 356 g/mol. The van der Waals surface area contributed by atoms with E-state index in [2.05, 4.69) is 17.6 Å². The summed E-state index contributed by atoms with van der Waals surface area (Å²) in [6.07, 6.45) is 1.65. The van der Waals surface area contributed by atoms with Gasteiger partial charge in [-0.05, 0) is 61.7 Å². The average Bonchev–Trinajstić information content (AvgIpc) is 2.67. The highest BCUT2D eigenvalue weighted by atomic mass is 19.1. The van der Waals surface area contributed by atoms with Crippen LogP contribution < -0.4 is 15.4 Å². The van der Waals surface area contributed by atoms with Crippen LogP contribution in [0.3, 0.4) is 0 Å². The minimum absolute atomic E-state index is 0.00699. The number of piperidine rings is 1. The smallest absolute Gasteiger partial charge is 0.223 e. The van der Waals surface area contributed by atoms with Crippen molar-refractivity contribution in [3.05, 3.63) is 65.5 Å². The molecule has 0 spiro atoms. The van der Waals surface area contributed by atoms with E-state index in [9.17, 15) is 9.18 Å². The Kier molecular flexibility index (Phi) is 5.89. The first kappa shape index (κ1) is 18.4. The number of nitrogens with one attached hydrogen (secondary N) is 2. The topological polar surface area (TPSA) is 50.4 Å². The first-order chi connectivity index (χ1) is 12.6. The Morgan fingerprint density at radius 2 is 1.77 bits per heavy atom. The van der Waals surface area contributed by atoms with Crippen molar-refractivity contribution in [3.8, 4) is 5.75 Å². The van der Waals surface area contributed by atoms with Crippen LogP contribution in [0.1, 0.15) is 36.9 Å². The lowest BCUT2D eigenvalue weighted by molar-refractivity contribution is -0.126. The molecular weight excluding hydrogens is 331 g/mol. The molecular formula is C21H25FN2O2. The van der Waals surface area contributed by atoms with Gasteiger partial charge in [-0.2, -0.15) is 0 Å². The van der Waals surface area contributed by atoms with Gasteiger partial charge in [0.25, 0.3) is 0 Å². The Labute approximate surface area is 153 Å². The van der Waals surface area contributed by atoms with E-state index in [0.29, 0.717) is 6.04 Å². The summed E-state index contributed by atoms with van der Waals surface area (Å²) in [5.41, 5.74) is 1.79. The summed E-state index contributed by atoms with van der Waals surface area (Å²) in [4.78, 5) is 12.9. The quantitative estimate of drug-likeness (QED) is 0.863. The molecule has 1 amide bonds. The van der Waals surface area contributed by atoms with Crippen LogP contribution in [0, 0.1) is 11.7 Å². The van der Waals surface area contributed by atoms with Crippen LogP contribution in [0.25, 0.3) is 0 Å². The number of hydrogen-bond acceptors (Lipinski definition) is 3. The standard InChI is InChI=1S/C21H25FN2O2/c1-14-13-17(11-12-23-14)21(25)24-20(15-3-7-18(22)8-4-15)16-5-9-19(26-2)10-6-16/h3-10,14,17,20,23H,11-13H2,1-2H3,(H,24,25)/t14-,17-,20?/m0/s1. The van der Waals surface area contributed by atoms with Crippen LogP contribution in [0.5, 0.6) is 5.75 Å². The fraction of sp³-hybridized carbons (Fsp3) is 0.381. The first-order valence-corrected chi connectivity index (χ1v) is 9.00. The fourth-order valence-corrected chi connectivity index (χ4v) is 3.44. The van der Waals surface area contributed by atoms with Crippen molar-refractivity contribution in [2.45, 2.75) is 31.8 Å². The molecule has 4 nitrogen and oxygen atoms in total. The largest absolute Gasteiger partial charge is 0.497 e. The predicted octanol–water partition coefficient (Wildman–Crippen LogP) is 3.43. The summed E-state index contributed by atoms with van der Waals surface area (Å²) in [6, 6.07) is 13.9. The number of benzene rings is 2. The van der Waals surface area contributed by atoms with Gasteiger partial charge < -0.3 is 15.4 Å². The molecule has 1 heterocycles. The Morgan fingerprint density at radius 3 is 2.35 bits per heavy atom. The summed E-state index contributed by atoms with van der Waals surface area (Å²) in [5, 5.41) is 6.53. The van der Waals surface area contributed by atoms with Crippen molar-refractivity contribution in [1.29, 1.82) is 0 Å². The minimum Gasteiger partial charge on any atom is -0.497 e. The van der Waals surface area contributed by atoms with Crippen LogP contribution in [0.15, 0.2) is 48.5 Å².